The van der Waals surface area contributed by atoms with Crippen molar-refractivity contribution in [1.29, 1.82) is 0 Å². The second-order valence-corrected chi connectivity index (χ2v) is 16.1. The lowest BCUT2D eigenvalue weighted by Gasteiger charge is -2.42. The summed E-state index contributed by atoms with van der Waals surface area (Å²) in [5.74, 6) is -0.434. The Kier molecular flexibility index (Phi) is 12.1. The van der Waals surface area contributed by atoms with Crippen molar-refractivity contribution in [2.24, 2.45) is 47.2 Å². The fourth-order valence-electron chi connectivity index (χ4n) is 9.91. The maximum absolute atomic E-state index is 14.7. The normalized spacial score (nSPS) is 39.2. The van der Waals surface area contributed by atoms with E-state index in [2.05, 4.69) is 38.3 Å². The van der Waals surface area contributed by atoms with E-state index >= 15 is 0 Å². The molecule has 0 bridgehead atoms. The summed E-state index contributed by atoms with van der Waals surface area (Å²) >= 11 is 0. The summed E-state index contributed by atoms with van der Waals surface area (Å²) in [6, 6.07) is 0.251. The van der Waals surface area contributed by atoms with Gasteiger partial charge in [0.05, 0.1) is 19.4 Å². The van der Waals surface area contributed by atoms with Gasteiger partial charge < -0.3 is 30.9 Å². The molecule has 5 rings (SSSR count). The van der Waals surface area contributed by atoms with E-state index in [0.717, 1.165) is 89.3 Å². The van der Waals surface area contributed by atoms with Crippen LogP contribution in [0.5, 0.6) is 0 Å². The van der Waals surface area contributed by atoms with Crippen LogP contribution in [0.25, 0.3) is 0 Å². The van der Waals surface area contributed by atoms with Crippen molar-refractivity contribution in [3.05, 3.63) is 11.1 Å². The molecule has 0 spiro atoms. The van der Waals surface area contributed by atoms with Gasteiger partial charge in [-0.05, 0) is 113 Å². The van der Waals surface area contributed by atoms with E-state index in [1.165, 1.54) is 0 Å². The standard InChI is InChI=1S/C38H63N3O6/c1-6-25-13-14-31(40-7-2)28(18-25)22-46-36(45)38-35(44)33-27(17-23(3)4)9-8-10-30(33)34(43)37(38,47-38)20-29(21-42)24(5)11-12-26-15-16-41-32(39)19-26/h23,25-28,30-33,40-42H,6-22,39H2,1-5H3/t25-,26?,27?,28-,30?,31+,32?,33?,37-,38-/m0/s1. The van der Waals surface area contributed by atoms with Crippen LogP contribution in [0.1, 0.15) is 118 Å². The van der Waals surface area contributed by atoms with Crippen LogP contribution < -0.4 is 16.4 Å². The minimum Gasteiger partial charge on any atom is -0.463 e. The van der Waals surface area contributed by atoms with Gasteiger partial charge in [0.1, 0.15) is 0 Å². The quantitative estimate of drug-likeness (QED) is 0.0894. The van der Waals surface area contributed by atoms with Gasteiger partial charge >= 0.3 is 5.97 Å². The van der Waals surface area contributed by atoms with Crippen molar-refractivity contribution in [3.8, 4) is 0 Å². The fourth-order valence-corrected chi connectivity index (χ4v) is 9.91. The molecule has 3 aliphatic carbocycles. The van der Waals surface area contributed by atoms with Gasteiger partial charge in [-0.25, -0.2) is 4.79 Å². The van der Waals surface area contributed by atoms with Gasteiger partial charge in [-0.1, -0.05) is 46.1 Å². The molecule has 9 heteroatoms. The third-order valence-electron chi connectivity index (χ3n) is 12.6. The Bertz CT molecular complexity index is 1170. The molecular weight excluding hydrogens is 594 g/mol. The number of fused-ring (bicyclic) bond motifs is 2. The molecule has 5 aliphatic rings. The number of epoxide rings is 1. The van der Waals surface area contributed by atoms with E-state index in [0.29, 0.717) is 29.7 Å². The predicted octanol–water partition coefficient (Wildman–Crippen LogP) is 4.84. The molecule has 266 valence electrons. The van der Waals surface area contributed by atoms with Crippen LogP contribution in [-0.4, -0.2) is 72.4 Å². The SMILES string of the molecule is CCN[C@@H]1CC[C@H](CC)C[C@H]1COC(=O)[C@]12O[C@@]1(CC(CO)=C(C)CCC1CCNC(N)C1)C(=O)C1CCCC(CC(C)C)C1C2=O. The monoisotopic (exact) mass is 657 g/mol. The van der Waals surface area contributed by atoms with Crippen LogP contribution in [0.3, 0.4) is 0 Å². The number of esters is 1. The molecule has 5 N–H and O–H groups in total. The number of ether oxygens (including phenoxy) is 2. The molecule has 10 atom stereocenters. The number of rotatable bonds is 14. The van der Waals surface area contributed by atoms with Gasteiger partial charge in [0.15, 0.2) is 17.2 Å². The highest BCUT2D eigenvalue weighted by atomic mass is 16.7. The molecular formula is C38H63N3O6. The second-order valence-electron chi connectivity index (χ2n) is 16.1. The van der Waals surface area contributed by atoms with Crippen molar-refractivity contribution < 1.29 is 29.0 Å². The van der Waals surface area contributed by atoms with Gasteiger partial charge in [0.25, 0.3) is 5.60 Å². The van der Waals surface area contributed by atoms with Gasteiger partial charge in [-0.2, -0.15) is 0 Å². The first-order valence-corrected chi connectivity index (χ1v) is 19.0. The third-order valence-corrected chi connectivity index (χ3v) is 12.6. The van der Waals surface area contributed by atoms with Crippen molar-refractivity contribution in [2.45, 2.75) is 141 Å². The number of nitrogens with two attached hydrogens (primary N) is 1. The number of ketones is 2. The predicted molar refractivity (Wildman–Crippen MR) is 182 cm³/mol. The van der Waals surface area contributed by atoms with E-state index in [4.69, 9.17) is 15.2 Å². The summed E-state index contributed by atoms with van der Waals surface area (Å²) in [5.41, 5.74) is 4.30. The summed E-state index contributed by atoms with van der Waals surface area (Å²) in [7, 11) is 0. The number of hydrogen-bond donors (Lipinski definition) is 4. The molecule has 2 saturated heterocycles. The zero-order valence-electron chi connectivity index (χ0n) is 29.8. The summed E-state index contributed by atoms with van der Waals surface area (Å²) in [6.07, 6.45) is 11.2. The highest BCUT2D eigenvalue weighted by Crippen LogP contribution is 2.63. The van der Waals surface area contributed by atoms with Crippen LogP contribution in [0.15, 0.2) is 11.1 Å². The zero-order chi connectivity index (χ0) is 33.9. The average Bonchev–Trinajstić information content (AvgIpc) is 3.76. The molecule has 5 unspecified atom stereocenters. The van der Waals surface area contributed by atoms with Gasteiger partial charge in [-0.15, -0.1) is 0 Å². The molecule has 3 saturated carbocycles. The van der Waals surface area contributed by atoms with E-state index in [-0.39, 0.29) is 55.2 Å². The fraction of sp³-hybridized carbons (Fsp3) is 0.868. The van der Waals surface area contributed by atoms with Gasteiger partial charge in [0.2, 0.25) is 0 Å². The molecule has 2 heterocycles. The summed E-state index contributed by atoms with van der Waals surface area (Å²) in [4.78, 5) is 43.7. The maximum atomic E-state index is 14.7. The Morgan fingerprint density at radius 2 is 1.87 bits per heavy atom. The topological polar surface area (TPSA) is 143 Å². The third kappa shape index (κ3) is 7.30. The molecule has 47 heavy (non-hydrogen) atoms. The lowest BCUT2D eigenvalue weighted by molar-refractivity contribution is -0.161. The van der Waals surface area contributed by atoms with Gasteiger partial charge in [0, 0.05) is 30.2 Å². The number of allylic oxidation sites excluding steroid dienone is 1. The number of aliphatic hydroxyl groups is 1. The smallest absolute Gasteiger partial charge is 0.350 e. The minimum atomic E-state index is -1.92. The first-order valence-electron chi connectivity index (χ1n) is 19.0. The first-order chi connectivity index (χ1) is 22.5. The van der Waals surface area contributed by atoms with Crippen molar-refractivity contribution in [2.75, 3.05) is 26.3 Å². The summed E-state index contributed by atoms with van der Waals surface area (Å²) in [6.45, 7) is 12.3. The van der Waals surface area contributed by atoms with Gasteiger partial charge in [-0.3, -0.25) is 9.59 Å². The van der Waals surface area contributed by atoms with E-state index in [9.17, 15) is 19.5 Å². The first kappa shape index (κ1) is 36.6. The molecule has 0 amide bonds. The Hall–Kier alpha value is -1.65. The zero-order valence-corrected chi connectivity index (χ0v) is 29.8. The molecule has 5 fully saturated rings. The van der Waals surface area contributed by atoms with Crippen molar-refractivity contribution in [3.63, 3.8) is 0 Å². The Morgan fingerprint density at radius 1 is 1.09 bits per heavy atom. The highest BCUT2D eigenvalue weighted by Gasteiger charge is 2.87. The molecule has 0 radical (unpaired) electrons. The molecule has 0 aromatic carbocycles. The molecule has 9 nitrogen and oxygen atoms in total. The molecule has 2 aliphatic heterocycles. The van der Waals surface area contributed by atoms with Crippen LogP contribution in [0.4, 0.5) is 0 Å². The summed E-state index contributed by atoms with van der Waals surface area (Å²) < 4.78 is 12.5. The van der Waals surface area contributed by atoms with Crippen molar-refractivity contribution in [1.82, 2.24) is 10.6 Å². The number of Topliss-reactive ketones (excluding diaryl/α,β-unsaturated/α-hetero) is 2. The number of aliphatic hydroxyl groups excluding tert-OH is 1. The second kappa shape index (κ2) is 15.5. The largest absolute Gasteiger partial charge is 0.463 e. The molecule has 0 aromatic heterocycles. The highest BCUT2D eigenvalue weighted by molar-refractivity contribution is 6.23. The Labute approximate surface area is 282 Å². The van der Waals surface area contributed by atoms with E-state index in [1.54, 1.807) is 0 Å². The van der Waals surface area contributed by atoms with Crippen LogP contribution in [-0.2, 0) is 23.9 Å². The number of hydrogen-bond acceptors (Lipinski definition) is 9. The number of piperidine rings is 1. The lowest BCUT2D eigenvalue weighted by Crippen LogP contribution is -2.60. The van der Waals surface area contributed by atoms with Crippen LogP contribution >= 0.6 is 0 Å². The lowest BCUT2D eigenvalue weighted by atomic mass is 9.56. The Morgan fingerprint density at radius 3 is 2.55 bits per heavy atom. The maximum Gasteiger partial charge on any atom is 0.350 e. The van der Waals surface area contributed by atoms with Crippen LogP contribution in [0.2, 0.25) is 0 Å². The summed E-state index contributed by atoms with van der Waals surface area (Å²) in [5, 5.41) is 17.5. The minimum absolute atomic E-state index is 0.00376. The van der Waals surface area contributed by atoms with Crippen LogP contribution in [0, 0.1) is 41.4 Å². The number of carbonyl (C=O) groups excluding carboxylic acids is 3. The number of carbonyl (C=O) groups is 3. The van der Waals surface area contributed by atoms with E-state index < -0.39 is 29.0 Å². The molecule has 0 aromatic rings. The number of nitrogens with one attached hydrogen (secondary N) is 2. The van der Waals surface area contributed by atoms with E-state index in [1.807, 2.05) is 6.92 Å². The Balaban J connectivity index is 1.41. The average molecular weight is 658 g/mol. The van der Waals surface area contributed by atoms with Crippen molar-refractivity contribution >= 4 is 17.5 Å².